The van der Waals surface area contributed by atoms with Gasteiger partial charge < -0.3 is 14.7 Å². The average Bonchev–Trinajstić information content (AvgIpc) is 2.64. The summed E-state index contributed by atoms with van der Waals surface area (Å²) in [4.78, 5) is 10.3. The number of methoxy groups -OCH3 is 1. The molecular formula is C18H21F2N3O2. The molecule has 0 aliphatic carbocycles. The van der Waals surface area contributed by atoms with Crippen LogP contribution in [0.15, 0.2) is 30.6 Å². The van der Waals surface area contributed by atoms with E-state index in [2.05, 4.69) is 9.97 Å². The SMILES string of the molecule is COc1cc(N2CCC[C@](CO)(Cc3ccc(F)cc3F)C2)ncn1. The molecule has 1 aliphatic rings. The van der Waals surface area contributed by atoms with Gasteiger partial charge in [0.25, 0.3) is 0 Å². The van der Waals surface area contributed by atoms with Crippen molar-refractivity contribution in [1.29, 1.82) is 0 Å². The van der Waals surface area contributed by atoms with Crippen LogP contribution in [0.4, 0.5) is 14.6 Å². The van der Waals surface area contributed by atoms with E-state index in [-0.39, 0.29) is 6.61 Å². The number of hydrogen-bond acceptors (Lipinski definition) is 5. The van der Waals surface area contributed by atoms with Crippen molar-refractivity contribution in [3.8, 4) is 5.88 Å². The first-order chi connectivity index (χ1) is 12.0. The van der Waals surface area contributed by atoms with Crippen LogP contribution in [0.2, 0.25) is 0 Å². The molecule has 1 saturated heterocycles. The highest BCUT2D eigenvalue weighted by Crippen LogP contribution is 2.36. The highest BCUT2D eigenvalue weighted by molar-refractivity contribution is 5.42. The Morgan fingerprint density at radius 2 is 2.12 bits per heavy atom. The Morgan fingerprint density at radius 3 is 2.84 bits per heavy atom. The molecule has 5 nitrogen and oxygen atoms in total. The maximum Gasteiger partial charge on any atom is 0.218 e. The van der Waals surface area contributed by atoms with Crippen LogP contribution in [-0.2, 0) is 6.42 Å². The first-order valence-electron chi connectivity index (χ1n) is 8.21. The summed E-state index contributed by atoms with van der Waals surface area (Å²) in [5.41, 5.74) is -0.0904. The molecule has 0 spiro atoms. The second-order valence-electron chi connectivity index (χ2n) is 6.51. The fourth-order valence-corrected chi connectivity index (χ4v) is 3.42. The Bertz CT molecular complexity index is 744. The fourth-order valence-electron chi connectivity index (χ4n) is 3.42. The Kier molecular flexibility index (Phi) is 5.13. The highest BCUT2D eigenvalue weighted by Gasteiger charge is 2.36. The molecule has 134 valence electrons. The zero-order chi connectivity index (χ0) is 17.9. The molecule has 0 bridgehead atoms. The van der Waals surface area contributed by atoms with Crippen molar-refractivity contribution in [2.45, 2.75) is 19.3 Å². The summed E-state index contributed by atoms with van der Waals surface area (Å²) in [7, 11) is 1.54. The molecule has 1 fully saturated rings. The first-order valence-corrected chi connectivity index (χ1v) is 8.21. The third-order valence-electron chi connectivity index (χ3n) is 4.74. The molecule has 1 atom stereocenters. The number of benzene rings is 1. The van der Waals surface area contributed by atoms with E-state index >= 15 is 0 Å². The molecule has 0 unspecified atom stereocenters. The highest BCUT2D eigenvalue weighted by atomic mass is 19.1. The number of anilines is 1. The molecule has 1 aromatic heterocycles. The number of rotatable bonds is 5. The monoisotopic (exact) mass is 349 g/mol. The number of aliphatic hydroxyl groups is 1. The Labute approximate surface area is 145 Å². The van der Waals surface area contributed by atoms with Crippen LogP contribution in [0.1, 0.15) is 18.4 Å². The molecule has 2 heterocycles. The molecule has 1 N–H and O–H groups in total. The third-order valence-corrected chi connectivity index (χ3v) is 4.74. The predicted octanol–water partition coefficient (Wildman–Crippen LogP) is 2.59. The van der Waals surface area contributed by atoms with Crippen LogP contribution in [0.3, 0.4) is 0 Å². The number of piperidine rings is 1. The number of hydrogen-bond donors (Lipinski definition) is 1. The minimum Gasteiger partial charge on any atom is -0.481 e. The summed E-state index contributed by atoms with van der Waals surface area (Å²) >= 11 is 0. The first kappa shape index (κ1) is 17.5. The summed E-state index contributed by atoms with van der Waals surface area (Å²) in [6.07, 6.45) is 3.38. The quantitative estimate of drug-likeness (QED) is 0.899. The van der Waals surface area contributed by atoms with E-state index in [0.29, 0.717) is 30.2 Å². The third kappa shape index (κ3) is 3.87. The second kappa shape index (κ2) is 7.31. The van der Waals surface area contributed by atoms with Crippen molar-refractivity contribution in [3.63, 3.8) is 0 Å². The van der Waals surface area contributed by atoms with E-state index in [0.717, 1.165) is 25.5 Å². The van der Waals surface area contributed by atoms with Gasteiger partial charge in [-0.05, 0) is 30.9 Å². The molecular weight excluding hydrogens is 328 g/mol. The van der Waals surface area contributed by atoms with E-state index in [1.54, 1.807) is 6.07 Å². The smallest absolute Gasteiger partial charge is 0.218 e. The lowest BCUT2D eigenvalue weighted by Gasteiger charge is -2.42. The molecule has 3 rings (SSSR count). The van der Waals surface area contributed by atoms with Crippen molar-refractivity contribution in [2.24, 2.45) is 5.41 Å². The molecule has 7 heteroatoms. The van der Waals surface area contributed by atoms with E-state index in [1.807, 2.05) is 4.90 Å². The lowest BCUT2D eigenvalue weighted by atomic mass is 9.75. The zero-order valence-electron chi connectivity index (χ0n) is 14.1. The lowest BCUT2D eigenvalue weighted by Crippen LogP contribution is -2.47. The van der Waals surface area contributed by atoms with Crippen LogP contribution < -0.4 is 9.64 Å². The molecule has 0 amide bonds. The maximum atomic E-state index is 14.1. The topological polar surface area (TPSA) is 58.5 Å². The largest absolute Gasteiger partial charge is 0.481 e. The van der Waals surface area contributed by atoms with Gasteiger partial charge in [0.05, 0.1) is 13.7 Å². The van der Waals surface area contributed by atoms with Crippen molar-refractivity contribution in [3.05, 3.63) is 47.8 Å². The normalized spacial score (nSPS) is 20.6. The Balaban J connectivity index is 1.83. The van der Waals surface area contributed by atoms with Gasteiger partial charge in [-0.3, -0.25) is 0 Å². The van der Waals surface area contributed by atoms with Gasteiger partial charge in [-0.25, -0.2) is 18.7 Å². The minimum atomic E-state index is -0.599. The summed E-state index contributed by atoms with van der Waals surface area (Å²) in [5, 5.41) is 10.0. The minimum absolute atomic E-state index is 0.0808. The summed E-state index contributed by atoms with van der Waals surface area (Å²) in [5.74, 6) is 0.00464. The Morgan fingerprint density at radius 1 is 1.28 bits per heavy atom. The number of halogens is 2. The molecule has 1 aromatic carbocycles. The fraction of sp³-hybridized carbons (Fsp3) is 0.444. The van der Waals surface area contributed by atoms with Gasteiger partial charge in [0, 0.05) is 30.6 Å². The van der Waals surface area contributed by atoms with E-state index in [9.17, 15) is 13.9 Å². The summed E-state index contributed by atoms with van der Waals surface area (Å²) < 4.78 is 32.3. The maximum absolute atomic E-state index is 14.1. The van der Waals surface area contributed by atoms with Gasteiger partial charge in [0.15, 0.2) is 0 Å². The van der Waals surface area contributed by atoms with E-state index < -0.39 is 17.0 Å². The second-order valence-corrected chi connectivity index (χ2v) is 6.51. The number of nitrogens with zero attached hydrogens (tertiary/aromatic N) is 3. The number of aliphatic hydroxyl groups excluding tert-OH is 1. The van der Waals surface area contributed by atoms with Crippen molar-refractivity contribution in [1.82, 2.24) is 9.97 Å². The van der Waals surface area contributed by atoms with Crippen molar-refractivity contribution >= 4 is 5.82 Å². The molecule has 0 saturated carbocycles. The van der Waals surface area contributed by atoms with Crippen LogP contribution in [0, 0.1) is 17.0 Å². The zero-order valence-corrected chi connectivity index (χ0v) is 14.1. The van der Waals surface area contributed by atoms with Gasteiger partial charge in [-0.1, -0.05) is 6.07 Å². The average molecular weight is 349 g/mol. The van der Waals surface area contributed by atoms with E-state index in [4.69, 9.17) is 4.74 Å². The summed E-state index contributed by atoms with van der Waals surface area (Å²) in [6.45, 7) is 1.23. The van der Waals surface area contributed by atoms with Crippen LogP contribution in [0.5, 0.6) is 5.88 Å². The van der Waals surface area contributed by atoms with Crippen LogP contribution in [-0.4, -0.2) is 41.9 Å². The lowest BCUT2D eigenvalue weighted by molar-refractivity contribution is 0.104. The van der Waals surface area contributed by atoms with Gasteiger partial charge in [0.1, 0.15) is 23.8 Å². The summed E-state index contributed by atoms with van der Waals surface area (Å²) in [6, 6.07) is 5.33. The van der Waals surface area contributed by atoms with Gasteiger partial charge in [0.2, 0.25) is 5.88 Å². The number of ether oxygens (including phenoxy) is 1. The van der Waals surface area contributed by atoms with Crippen LogP contribution >= 0.6 is 0 Å². The standard InChI is InChI=1S/C18H21F2N3O2/c1-25-17-8-16(21-12-22-17)23-6-2-5-18(10-23,11-24)9-13-3-4-14(19)7-15(13)20/h3-4,7-8,12,24H,2,5-6,9-11H2,1H3/t18-/m0/s1. The Hall–Kier alpha value is -2.28. The number of aromatic nitrogens is 2. The molecule has 25 heavy (non-hydrogen) atoms. The molecule has 2 aromatic rings. The molecule has 1 aliphatic heterocycles. The van der Waals surface area contributed by atoms with Crippen molar-refractivity contribution < 1.29 is 18.6 Å². The molecule has 0 radical (unpaired) electrons. The van der Waals surface area contributed by atoms with Gasteiger partial charge >= 0.3 is 0 Å². The van der Waals surface area contributed by atoms with Crippen molar-refractivity contribution in [2.75, 3.05) is 31.7 Å². The van der Waals surface area contributed by atoms with Crippen LogP contribution in [0.25, 0.3) is 0 Å². The van der Waals surface area contributed by atoms with E-state index in [1.165, 1.54) is 25.6 Å². The van der Waals surface area contributed by atoms with Gasteiger partial charge in [-0.2, -0.15) is 0 Å². The predicted molar refractivity (Wildman–Crippen MR) is 89.6 cm³/mol. The van der Waals surface area contributed by atoms with Gasteiger partial charge in [-0.15, -0.1) is 0 Å².